The Kier molecular flexibility index (Phi) is 3.99. The van der Waals surface area contributed by atoms with Crippen molar-refractivity contribution in [3.63, 3.8) is 0 Å². The Balaban J connectivity index is 2.30. The van der Waals surface area contributed by atoms with Gasteiger partial charge in [-0.1, -0.05) is 34.5 Å². The molecule has 0 radical (unpaired) electrons. The van der Waals surface area contributed by atoms with Crippen LogP contribution >= 0.6 is 34.5 Å². The number of thiazole rings is 1. The molecule has 1 heterocycles. The molecule has 2 aromatic rings. The summed E-state index contributed by atoms with van der Waals surface area (Å²) in [6, 6.07) is 4.75. The summed E-state index contributed by atoms with van der Waals surface area (Å²) in [6.45, 7) is 1.72. The zero-order valence-electron chi connectivity index (χ0n) is 10.2. The van der Waals surface area contributed by atoms with Crippen LogP contribution in [0.1, 0.15) is 15.4 Å². The number of hydrogen-bond donors (Lipinski definition) is 1. The first-order chi connectivity index (χ1) is 8.88. The lowest BCUT2D eigenvalue weighted by atomic mass is 10.3. The number of carbonyl (C=O) groups excluding carboxylic acids is 1. The largest absolute Gasteiger partial charge is 0.321 e. The highest BCUT2D eigenvalue weighted by Crippen LogP contribution is 2.23. The van der Waals surface area contributed by atoms with Gasteiger partial charge in [0.1, 0.15) is 4.88 Å². The van der Waals surface area contributed by atoms with Crippen LogP contribution in [0.25, 0.3) is 0 Å². The highest BCUT2D eigenvalue weighted by atomic mass is 35.5. The Labute approximate surface area is 123 Å². The number of aromatic nitrogens is 1. The van der Waals surface area contributed by atoms with Gasteiger partial charge in [0.15, 0.2) is 0 Å². The van der Waals surface area contributed by atoms with E-state index >= 15 is 0 Å². The topological polar surface area (TPSA) is 51.1 Å². The van der Waals surface area contributed by atoms with Gasteiger partial charge in [0, 0.05) is 28.5 Å². The number of rotatable bonds is 2. The number of anilines is 1. The van der Waals surface area contributed by atoms with Crippen molar-refractivity contribution < 1.29 is 4.79 Å². The van der Waals surface area contributed by atoms with E-state index in [1.165, 1.54) is 4.57 Å². The lowest BCUT2D eigenvalue weighted by molar-refractivity contribution is 0.102. The zero-order chi connectivity index (χ0) is 14.2. The lowest BCUT2D eigenvalue weighted by Crippen LogP contribution is -2.12. The van der Waals surface area contributed by atoms with Crippen LogP contribution in [-0.4, -0.2) is 10.5 Å². The smallest absolute Gasteiger partial charge is 0.307 e. The molecule has 1 N–H and O–H groups in total. The van der Waals surface area contributed by atoms with E-state index in [9.17, 15) is 9.59 Å². The molecule has 0 spiro atoms. The SMILES string of the molecule is Cc1c(C(=O)Nc2cc(Cl)cc(Cl)c2)sc(=O)n1C. The first kappa shape index (κ1) is 14.1. The molecule has 7 heteroatoms. The number of nitrogens with one attached hydrogen (secondary N) is 1. The summed E-state index contributed by atoms with van der Waals surface area (Å²) in [5.74, 6) is -0.349. The van der Waals surface area contributed by atoms with Crippen molar-refractivity contribution in [3.8, 4) is 0 Å². The molecule has 0 aliphatic rings. The average Bonchev–Trinajstić information content (AvgIpc) is 2.55. The van der Waals surface area contributed by atoms with E-state index in [0.29, 0.717) is 26.3 Å². The molecule has 0 fully saturated rings. The molecule has 1 aromatic heterocycles. The van der Waals surface area contributed by atoms with E-state index < -0.39 is 0 Å². The standard InChI is InChI=1S/C12H10Cl2N2O2S/c1-6-10(19-12(18)16(6)2)11(17)15-9-4-7(13)3-8(14)5-9/h3-5H,1-2H3,(H,15,17). The summed E-state index contributed by atoms with van der Waals surface area (Å²) in [6.07, 6.45) is 0. The molecule has 0 aliphatic carbocycles. The first-order valence-electron chi connectivity index (χ1n) is 5.32. The van der Waals surface area contributed by atoms with Crippen LogP contribution in [0.3, 0.4) is 0 Å². The van der Waals surface area contributed by atoms with Gasteiger partial charge in [0.2, 0.25) is 0 Å². The minimum absolute atomic E-state index is 0.174. The van der Waals surface area contributed by atoms with E-state index in [-0.39, 0.29) is 10.8 Å². The Morgan fingerprint density at radius 1 is 1.26 bits per heavy atom. The second-order valence-electron chi connectivity index (χ2n) is 3.95. The summed E-state index contributed by atoms with van der Waals surface area (Å²) in [4.78, 5) is 23.8. The van der Waals surface area contributed by atoms with Crippen LogP contribution < -0.4 is 10.2 Å². The van der Waals surface area contributed by atoms with E-state index in [1.807, 2.05) is 0 Å². The van der Waals surface area contributed by atoms with Crippen molar-refractivity contribution in [2.45, 2.75) is 6.92 Å². The van der Waals surface area contributed by atoms with Gasteiger partial charge >= 0.3 is 4.87 Å². The minimum atomic E-state index is -0.349. The van der Waals surface area contributed by atoms with E-state index in [2.05, 4.69) is 5.32 Å². The second-order valence-corrected chi connectivity index (χ2v) is 5.79. The molecule has 0 saturated carbocycles. The predicted molar refractivity (Wildman–Crippen MR) is 78.7 cm³/mol. The van der Waals surface area contributed by atoms with Crippen LogP contribution in [0.4, 0.5) is 5.69 Å². The van der Waals surface area contributed by atoms with Crippen LogP contribution in [0.5, 0.6) is 0 Å². The Bertz CT molecular complexity index is 686. The monoisotopic (exact) mass is 316 g/mol. The second kappa shape index (κ2) is 5.36. The van der Waals surface area contributed by atoms with Crippen molar-refractivity contribution in [2.24, 2.45) is 7.05 Å². The van der Waals surface area contributed by atoms with E-state index in [1.54, 1.807) is 32.2 Å². The van der Waals surface area contributed by atoms with Crippen LogP contribution in [0.2, 0.25) is 10.0 Å². The van der Waals surface area contributed by atoms with Gasteiger partial charge in [0.25, 0.3) is 5.91 Å². The number of amides is 1. The number of benzene rings is 1. The predicted octanol–water partition coefficient (Wildman–Crippen LogP) is 3.31. The zero-order valence-corrected chi connectivity index (χ0v) is 12.5. The van der Waals surface area contributed by atoms with Crippen LogP contribution in [0, 0.1) is 6.92 Å². The number of halogens is 2. The normalized spacial score (nSPS) is 10.5. The summed E-state index contributed by atoms with van der Waals surface area (Å²) < 4.78 is 1.44. The van der Waals surface area contributed by atoms with E-state index in [0.717, 1.165) is 11.3 Å². The number of hydrogen-bond acceptors (Lipinski definition) is 3. The molecule has 1 aromatic carbocycles. The lowest BCUT2D eigenvalue weighted by Gasteiger charge is -2.05. The van der Waals surface area contributed by atoms with Crippen molar-refractivity contribution in [3.05, 3.63) is 48.5 Å². The minimum Gasteiger partial charge on any atom is -0.321 e. The van der Waals surface area contributed by atoms with Gasteiger partial charge in [-0.05, 0) is 25.1 Å². The third kappa shape index (κ3) is 3.00. The fourth-order valence-electron chi connectivity index (χ4n) is 1.54. The summed E-state index contributed by atoms with van der Waals surface area (Å²) in [5, 5.41) is 3.53. The molecule has 4 nitrogen and oxygen atoms in total. The Hall–Kier alpha value is -1.30. The summed E-state index contributed by atoms with van der Waals surface area (Å²) in [5.41, 5.74) is 1.12. The van der Waals surface area contributed by atoms with Crippen molar-refractivity contribution in [1.29, 1.82) is 0 Å². The molecule has 2 rings (SSSR count). The Morgan fingerprint density at radius 3 is 2.32 bits per heavy atom. The Morgan fingerprint density at radius 2 is 1.84 bits per heavy atom. The molecular weight excluding hydrogens is 307 g/mol. The molecule has 0 aliphatic heterocycles. The maximum absolute atomic E-state index is 12.1. The first-order valence-corrected chi connectivity index (χ1v) is 6.89. The van der Waals surface area contributed by atoms with Gasteiger partial charge in [-0.2, -0.15) is 0 Å². The van der Waals surface area contributed by atoms with Gasteiger partial charge in [-0.15, -0.1) is 0 Å². The maximum Gasteiger partial charge on any atom is 0.307 e. The molecule has 0 atom stereocenters. The molecular formula is C12H10Cl2N2O2S. The molecule has 0 bridgehead atoms. The molecule has 100 valence electrons. The third-order valence-electron chi connectivity index (χ3n) is 2.62. The molecule has 19 heavy (non-hydrogen) atoms. The van der Waals surface area contributed by atoms with Gasteiger partial charge in [-0.3, -0.25) is 9.59 Å². The summed E-state index contributed by atoms with van der Waals surface area (Å²) >= 11 is 12.6. The van der Waals surface area contributed by atoms with Crippen molar-refractivity contribution in [2.75, 3.05) is 5.32 Å². The fourth-order valence-corrected chi connectivity index (χ4v) is 2.95. The van der Waals surface area contributed by atoms with Gasteiger partial charge in [0.05, 0.1) is 0 Å². The third-order valence-corrected chi connectivity index (χ3v) is 4.19. The van der Waals surface area contributed by atoms with Crippen LogP contribution in [-0.2, 0) is 7.05 Å². The fraction of sp³-hybridized carbons (Fsp3) is 0.167. The highest BCUT2D eigenvalue weighted by molar-refractivity contribution is 7.11. The summed E-state index contributed by atoms with van der Waals surface area (Å²) in [7, 11) is 1.63. The van der Waals surface area contributed by atoms with E-state index in [4.69, 9.17) is 23.2 Å². The molecule has 0 unspecified atom stereocenters. The van der Waals surface area contributed by atoms with Crippen LogP contribution in [0.15, 0.2) is 23.0 Å². The molecule has 1 amide bonds. The van der Waals surface area contributed by atoms with Crippen molar-refractivity contribution in [1.82, 2.24) is 4.57 Å². The molecule has 0 saturated heterocycles. The maximum atomic E-state index is 12.1. The highest BCUT2D eigenvalue weighted by Gasteiger charge is 2.16. The van der Waals surface area contributed by atoms with Gasteiger partial charge in [-0.25, -0.2) is 0 Å². The average molecular weight is 317 g/mol. The number of carbonyl (C=O) groups is 1. The number of nitrogens with zero attached hydrogens (tertiary/aromatic N) is 1. The van der Waals surface area contributed by atoms with Crippen molar-refractivity contribution >= 4 is 46.1 Å². The van der Waals surface area contributed by atoms with Gasteiger partial charge < -0.3 is 9.88 Å². The quantitative estimate of drug-likeness (QED) is 0.924.